The zero-order valence-corrected chi connectivity index (χ0v) is 9.90. The van der Waals surface area contributed by atoms with E-state index in [1.165, 1.54) is 17.4 Å². The van der Waals surface area contributed by atoms with Gasteiger partial charge in [0.2, 0.25) is 5.82 Å². The Morgan fingerprint density at radius 1 is 1.53 bits per heavy atom. The lowest BCUT2D eigenvalue weighted by molar-refractivity contribution is -0.384. The van der Waals surface area contributed by atoms with Crippen molar-refractivity contribution in [3.05, 3.63) is 44.5 Å². The van der Waals surface area contributed by atoms with Gasteiger partial charge in [0.1, 0.15) is 5.01 Å². The lowest BCUT2D eigenvalue weighted by Crippen LogP contribution is -2.04. The highest BCUT2D eigenvalue weighted by molar-refractivity contribution is 7.09. The summed E-state index contributed by atoms with van der Waals surface area (Å²) in [5.41, 5.74) is 0.748. The summed E-state index contributed by atoms with van der Waals surface area (Å²) in [6, 6.07) is 1.50. The number of hydrogen-bond donors (Lipinski definition) is 1. The van der Waals surface area contributed by atoms with Gasteiger partial charge in [-0.3, -0.25) is 10.1 Å². The molecule has 1 N–H and O–H groups in total. The van der Waals surface area contributed by atoms with E-state index in [1.807, 2.05) is 5.38 Å². The standard InChI is InChI=1S/C10H10N4O2S/c1-7-4-8(14(15)16)10(12-5-7)13-6-9-11-2-3-17-9/h2-5H,6H2,1H3,(H,12,13). The summed E-state index contributed by atoms with van der Waals surface area (Å²) in [6.45, 7) is 2.21. The second-order valence-corrected chi connectivity index (χ2v) is 4.40. The lowest BCUT2D eigenvalue weighted by Gasteiger charge is -2.04. The Bertz CT molecular complexity index is 527. The summed E-state index contributed by atoms with van der Waals surface area (Å²) in [5, 5.41) is 16.5. The van der Waals surface area contributed by atoms with E-state index in [9.17, 15) is 10.1 Å². The zero-order chi connectivity index (χ0) is 12.3. The van der Waals surface area contributed by atoms with Crippen molar-refractivity contribution in [3.8, 4) is 0 Å². The van der Waals surface area contributed by atoms with E-state index in [0.717, 1.165) is 10.6 Å². The molecular weight excluding hydrogens is 240 g/mol. The number of thiazole rings is 1. The predicted octanol–water partition coefficient (Wildman–Crippen LogP) is 2.37. The van der Waals surface area contributed by atoms with Gasteiger partial charge >= 0.3 is 5.69 Å². The number of rotatable bonds is 4. The summed E-state index contributed by atoms with van der Waals surface area (Å²) in [7, 11) is 0. The van der Waals surface area contributed by atoms with Crippen LogP contribution >= 0.6 is 11.3 Å². The molecule has 0 saturated heterocycles. The van der Waals surface area contributed by atoms with Gasteiger partial charge in [0.25, 0.3) is 0 Å². The highest BCUT2D eigenvalue weighted by Gasteiger charge is 2.15. The molecular formula is C10H10N4O2S. The first-order valence-electron chi connectivity index (χ1n) is 4.90. The topological polar surface area (TPSA) is 81.0 Å². The summed E-state index contributed by atoms with van der Waals surface area (Å²) >= 11 is 1.49. The Labute approximate surface area is 102 Å². The maximum absolute atomic E-state index is 10.8. The summed E-state index contributed by atoms with van der Waals surface area (Å²) < 4.78 is 0. The van der Waals surface area contributed by atoms with Crippen LogP contribution in [0.15, 0.2) is 23.8 Å². The van der Waals surface area contributed by atoms with Crippen LogP contribution in [0, 0.1) is 17.0 Å². The second-order valence-electron chi connectivity index (χ2n) is 3.42. The molecule has 2 aromatic rings. The molecule has 0 aromatic carbocycles. The largest absolute Gasteiger partial charge is 0.358 e. The van der Waals surface area contributed by atoms with Crippen molar-refractivity contribution in [2.45, 2.75) is 13.5 Å². The number of nitrogens with one attached hydrogen (secondary N) is 1. The summed E-state index contributed by atoms with van der Waals surface area (Å²) in [5.74, 6) is 0.274. The van der Waals surface area contributed by atoms with Gasteiger partial charge in [-0.2, -0.15) is 0 Å². The fraction of sp³-hybridized carbons (Fsp3) is 0.200. The fourth-order valence-electron chi connectivity index (χ4n) is 1.33. The average molecular weight is 250 g/mol. The zero-order valence-electron chi connectivity index (χ0n) is 9.08. The van der Waals surface area contributed by atoms with Gasteiger partial charge in [0.05, 0.1) is 11.5 Å². The third-order valence-electron chi connectivity index (χ3n) is 2.09. The van der Waals surface area contributed by atoms with E-state index in [-0.39, 0.29) is 11.5 Å². The van der Waals surface area contributed by atoms with Crippen molar-refractivity contribution in [2.24, 2.45) is 0 Å². The molecule has 0 atom stereocenters. The third kappa shape index (κ3) is 2.76. The van der Waals surface area contributed by atoms with Gasteiger partial charge in [-0.05, 0) is 12.5 Å². The number of pyridine rings is 1. The molecule has 88 valence electrons. The van der Waals surface area contributed by atoms with Crippen molar-refractivity contribution in [1.82, 2.24) is 9.97 Å². The molecule has 6 nitrogen and oxygen atoms in total. The normalized spacial score (nSPS) is 10.2. The van der Waals surface area contributed by atoms with Gasteiger partial charge in [0, 0.05) is 23.8 Å². The molecule has 0 bridgehead atoms. The number of anilines is 1. The molecule has 0 amide bonds. The SMILES string of the molecule is Cc1cnc(NCc2nccs2)c([N+](=O)[O-])c1. The van der Waals surface area contributed by atoms with Gasteiger partial charge in [-0.15, -0.1) is 11.3 Å². The number of aryl methyl sites for hydroxylation is 1. The summed E-state index contributed by atoms with van der Waals surface area (Å²) in [6.07, 6.45) is 3.29. The Hall–Kier alpha value is -2.02. The molecule has 0 aliphatic rings. The molecule has 0 radical (unpaired) electrons. The van der Waals surface area contributed by atoms with Crippen LogP contribution in [0.25, 0.3) is 0 Å². The molecule has 0 saturated carbocycles. The third-order valence-corrected chi connectivity index (χ3v) is 2.87. The average Bonchev–Trinajstić information content (AvgIpc) is 2.80. The van der Waals surface area contributed by atoms with Crippen LogP contribution in [0.3, 0.4) is 0 Å². The Balaban J connectivity index is 2.17. The smallest absolute Gasteiger partial charge is 0.311 e. The van der Waals surface area contributed by atoms with E-state index in [0.29, 0.717) is 6.54 Å². The van der Waals surface area contributed by atoms with Crippen molar-refractivity contribution in [2.75, 3.05) is 5.32 Å². The van der Waals surface area contributed by atoms with Gasteiger partial charge < -0.3 is 5.32 Å². The van der Waals surface area contributed by atoms with Gasteiger partial charge in [0.15, 0.2) is 0 Å². The van der Waals surface area contributed by atoms with Crippen LogP contribution in [0.1, 0.15) is 10.6 Å². The Kier molecular flexibility index (Phi) is 3.29. The molecule has 0 aliphatic carbocycles. The molecule has 2 heterocycles. The van der Waals surface area contributed by atoms with Crippen LogP contribution in [0.4, 0.5) is 11.5 Å². The molecule has 17 heavy (non-hydrogen) atoms. The van der Waals surface area contributed by atoms with E-state index >= 15 is 0 Å². The maximum Gasteiger partial charge on any atom is 0.311 e. The minimum Gasteiger partial charge on any atom is -0.358 e. The van der Waals surface area contributed by atoms with E-state index < -0.39 is 4.92 Å². The maximum atomic E-state index is 10.8. The molecule has 0 spiro atoms. The fourth-order valence-corrected chi connectivity index (χ4v) is 1.88. The lowest BCUT2D eigenvalue weighted by atomic mass is 10.3. The number of nitrogens with zero attached hydrogens (tertiary/aromatic N) is 3. The monoisotopic (exact) mass is 250 g/mol. The predicted molar refractivity (Wildman–Crippen MR) is 65.1 cm³/mol. The number of nitro groups is 1. The van der Waals surface area contributed by atoms with Gasteiger partial charge in [-0.1, -0.05) is 0 Å². The number of hydrogen-bond acceptors (Lipinski definition) is 6. The quantitative estimate of drug-likeness (QED) is 0.665. The first-order chi connectivity index (χ1) is 8.16. The first-order valence-corrected chi connectivity index (χ1v) is 5.78. The molecule has 0 fully saturated rings. The Morgan fingerprint density at radius 2 is 2.35 bits per heavy atom. The number of aromatic nitrogens is 2. The Morgan fingerprint density at radius 3 is 3.00 bits per heavy atom. The molecule has 0 aliphatic heterocycles. The van der Waals surface area contributed by atoms with Crippen LogP contribution < -0.4 is 5.32 Å². The first kappa shape index (κ1) is 11.5. The molecule has 7 heteroatoms. The van der Waals surface area contributed by atoms with Crippen molar-refractivity contribution < 1.29 is 4.92 Å². The van der Waals surface area contributed by atoms with E-state index in [2.05, 4.69) is 15.3 Å². The minimum absolute atomic E-state index is 0.0124. The molecule has 0 unspecified atom stereocenters. The van der Waals surface area contributed by atoms with E-state index in [4.69, 9.17) is 0 Å². The minimum atomic E-state index is -0.440. The van der Waals surface area contributed by atoms with Crippen LogP contribution in [0.5, 0.6) is 0 Å². The van der Waals surface area contributed by atoms with Crippen LogP contribution in [0.2, 0.25) is 0 Å². The van der Waals surface area contributed by atoms with Crippen LogP contribution in [-0.2, 0) is 6.54 Å². The van der Waals surface area contributed by atoms with Crippen molar-refractivity contribution >= 4 is 22.8 Å². The second kappa shape index (κ2) is 4.88. The van der Waals surface area contributed by atoms with Crippen molar-refractivity contribution in [3.63, 3.8) is 0 Å². The highest BCUT2D eigenvalue weighted by atomic mass is 32.1. The molecule has 2 aromatic heterocycles. The highest BCUT2D eigenvalue weighted by Crippen LogP contribution is 2.23. The summed E-state index contributed by atoms with van der Waals surface area (Å²) in [4.78, 5) is 18.5. The van der Waals surface area contributed by atoms with Crippen molar-refractivity contribution in [1.29, 1.82) is 0 Å². The molecule has 2 rings (SSSR count). The van der Waals surface area contributed by atoms with E-state index in [1.54, 1.807) is 19.3 Å². The van der Waals surface area contributed by atoms with Crippen LogP contribution in [-0.4, -0.2) is 14.9 Å². The van der Waals surface area contributed by atoms with Gasteiger partial charge in [-0.25, -0.2) is 9.97 Å².